The Labute approximate surface area is 214 Å². The van der Waals surface area contributed by atoms with E-state index >= 15 is 0 Å². The Balaban J connectivity index is 1.87. The Bertz CT molecular complexity index is 993. The molecule has 0 aliphatic rings. The Hall–Kier alpha value is -3.13. The molecular weight excluding hydrogens is 460 g/mol. The van der Waals surface area contributed by atoms with E-state index in [4.69, 9.17) is 18.9 Å². The smallest absolute Gasteiger partial charge is 0.333 e. The maximum absolute atomic E-state index is 11.4. The molecule has 0 aromatic heterocycles. The number of carbonyl (C=O) groups is 1. The van der Waals surface area contributed by atoms with Crippen molar-refractivity contribution in [2.75, 3.05) is 33.0 Å². The van der Waals surface area contributed by atoms with Gasteiger partial charge in [-0.2, -0.15) is 0 Å². The van der Waals surface area contributed by atoms with Crippen molar-refractivity contribution in [3.63, 3.8) is 0 Å². The van der Waals surface area contributed by atoms with Crippen LogP contribution in [0.4, 0.5) is 0 Å². The summed E-state index contributed by atoms with van der Waals surface area (Å²) in [5, 5.41) is 19.9. The van der Waals surface area contributed by atoms with Crippen LogP contribution in [-0.2, 0) is 19.7 Å². The Morgan fingerprint density at radius 1 is 0.806 bits per heavy atom. The van der Waals surface area contributed by atoms with Gasteiger partial charge in [-0.25, -0.2) is 4.79 Å². The van der Waals surface area contributed by atoms with Crippen molar-refractivity contribution in [3.05, 3.63) is 84.0 Å². The Morgan fingerprint density at radius 2 is 1.25 bits per heavy atom. The fourth-order valence-electron chi connectivity index (χ4n) is 3.25. The average molecular weight is 499 g/mol. The molecular formula is C29H38O7. The number of aliphatic hydroxyl groups is 2. The van der Waals surface area contributed by atoms with Crippen LogP contribution in [-0.4, -0.2) is 61.4 Å². The standard InChI is InChI=1S/C29H38O7/c1-20(2)15-33-16-24(30)17-34-26-11-7-22(8-12-26)29(5,6)23-9-13-27(14-10-23)35-18-25(31)19-36-28(32)21(3)4/h7-14,24-25,30-31H,1,3,15-19H2,2,4-6H3. The molecule has 2 aromatic rings. The van der Waals surface area contributed by atoms with Gasteiger partial charge >= 0.3 is 5.97 Å². The zero-order chi connectivity index (χ0) is 26.7. The van der Waals surface area contributed by atoms with Crippen LogP contribution in [0.5, 0.6) is 11.5 Å². The zero-order valence-electron chi connectivity index (χ0n) is 21.7. The normalized spacial score (nSPS) is 12.9. The molecule has 2 aromatic carbocycles. The van der Waals surface area contributed by atoms with Gasteiger partial charge in [0, 0.05) is 11.0 Å². The number of rotatable bonds is 15. The first kappa shape index (κ1) is 29.1. The maximum Gasteiger partial charge on any atom is 0.333 e. The van der Waals surface area contributed by atoms with Crippen LogP contribution in [0.1, 0.15) is 38.8 Å². The molecule has 7 nitrogen and oxygen atoms in total. The number of hydrogen-bond acceptors (Lipinski definition) is 7. The van der Waals surface area contributed by atoms with Gasteiger partial charge in [0.15, 0.2) is 0 Å². The van der Waals surface area contributed by atoms with Crippen molar-refractivity contribution in [1.82, 2.24) is 0 Å². The molecule has 0 heterocycles. The minimum atomic E-state index is -0.935. The van der Waals surface area contributed by atoms with Gasteiger partial charge in [0.2, 0.25) is 0 Å². The third kappa shape index (κ3) is 9.49. The van der Waals surface area contributed by atoms with E-state index in [0.717, 1.165) is 16.7 Å². The minimum absolute atomic E-state index is 0.00237. The quantitative estimate of drug-likeness (QED) is 0.216. The molecule has 7 heteroatoms. The van der Waals surface area contributed by atoms with Crippen LogP contribution in [0.25, 0.3) is 0 Å². The zero-order valence-corrected chi connectivity index (χ0v) is 21.7. The van der Waals surface area contributed by atoms with Crippen LogP contribution in [0, 0.1) is 0 Å². The maximum atomic E-state index is 11.4. The predicted molar refractivity (Wildman–Crippen MR) is 139 cm³/mol. The van der Waals surface area contributed by atoms with Crippen molar-refractivity contribution in [2.45, 2.75) is 45.3 Å². The summed E-state index contributed by atoms with van der Waals surface area (Å²) in [6.45, 7) is 15.5. The van der Waals surface area contributed by atoms with Gasteiger partial charge in [0.1, 0.15) is 43.5 Å². The van der Waals surface area contributed by atoms with Gasteiger partial charge in [-0.3, -0.25) is 0 Å². The van der Waals surface area contributed by atoms with Gasteiger partial charge in [-0.1, -0.05) is 56.8 Å². The second-order valence-electron chi connectivity index (χ2n) is 9.45. The molecule has 0 spiro atoms. The molecule has 0 bridgehead atoms. The minimum Gasteiger partial charge on any atom is -0.491 e. The third-order valence-electron chi connectivity index (χ3n) is 5.45. The number of benzene rings is 2. The fraction of sp³-hybridized carbons (Fsp3) is 0.414. The van der Waals surface area contributed by atoms with E-state index in [1.807, 2.05) is 55.5 Å². The molecule has 196 valence electrons. The van der Waals surface area contributed by atoms with Crippen LogP contribution in [0.3, 0.4) is 0 Å². The Morgan fingerprint density at radius 3 is 1.67 bits per heavy atom. The van der Waals surface area contributed by atoms with Gasteiger partial charge < -0.3 is 29.2 Å². The van der Waals surface area contributed by atoms with E-state index in [2.05, 4.69) is 27.0 Å². The number of carbonyl (C=O) groups excluding carboxylic acids is 1. The monoisotopic (exact) mass is 498 g/mol. The van der Waals surface area contributed by atoms with Gasteiger partial charge in [0.25, 0.3) is 0 Å². The first-order valence-corrected chi connectivity index (χ1v) is 11.9. The summed E-state index contributed by atoms with van der Waals surface area (Å²) >= 11 is 0. The van der Waals surface area contributed by atoms with Gasteiger partial charge in [-0.05, 0) is 49.2 Å². The average Bonchev–Trinajstić information content (AvgIpc) is 2.85. The molecule has 0 saturated carbocycles. The highest BCUT2D eigenvalue weighted by Gasteiger charge is 2.23. The number of ether oxygens (including phenoxy) is 4. The lowest BCUT2D eigenvalue weighted by atomic mass is 9.78. The van der Waals surface area contributed by atoms with E-state index in [1.54, 1.807) is 6.92 Å². The van der Waals surface area contributed by atoms with Crippen molar-refractivity contribution in [1.29, 1.82) is 0 Å². The number of hydrogen-bond donors (Lipinski definition) is 2. The third-order valence-corrected chi connectivity index (χ3v) is 5.45. The lowest BCUT2D eigenvalue weighted by Crippen LogP contribution is -2.25. The Kier molecular flexibility index (Phi) is 11.2. The van der Waals surface area contributed by atoms with Crippen LogP contribution in [0.15, 0.2) is 72.8 Å². The summed E-state index contributed by atoms with van der Waals surface area (Å²) < 4.78 is 21.6. The summed E-state index contributed by atoms with van der Waals surface area (Å²) in [5.41, 5.74) is 3.10. The summed E-state index contributed by atoms with van der Waals surface area (Å²) in [6, 6.07) is 15.4. The van der Waals surface area contributed by atoms with E-state index < -0.39 is 18.2 Å². The van der Waals surface area contributed by atoms with Crippen molar-refractivity contribution in [2.24, 2.45) is 0 Å². The molecule has 2 atom stereocenters. The highest BCUT2D eigenvalue weighted by atomic mass is 16.5. The van der Waals surface area contributed by atoms with Crippen molar-refractivity contribution < 1.29 is 34.0 Å². The van der Waals surface area contributed by atoms with E-state index in [-0.39, 0.29) is 37.4 Å². The predicted octanol–water partition coefficient (Wildman–Crippen LogP) is 4.20. The summed E-state index contributed by atoms with van der Waals surface area (Å²) in [7, 11) is 0. The van der Waals surface area contributed by atoms with Gasteiger partial charge in [0.05, 0.1) is 13.2 Å². The first-order chi connectivity index (χ1) is 17.0. The van der Waals surface area contributed by atoms with Crippen LogP contribution < -0.4 is 9.47 Å². The number of esters is 1. The molecule has 36 heavy (non-hydrogen) atoms. The SMILES string of the molecule is C=C(C)COCC(O)COc1ccc(C(C)(C)c2ccc(OCC(O)COC(=O)C(=C)C)cc2)cc1. The summed E-state index contributed by atoms with van der Waals surface area (Å²) in [5.74, 6) is 0.737. The molecule has 0 aliphatic heterocycles. The number of aliphatic hydroxyl groups excluding tert-OH is 2. The highest BCUT2D eigenvalue weighted by Crippen LogP contribution is 2.33. The molecule has 0 radical (unpaired) electrons. The summed E-state index contributed by atoms with van der Waals surface area (Å²) in [6.07, 6.45) is -1.65. The topological polar surface area (TPSA) is 94.5 Å². The molecule has 2 rings (SSSR count). The van der Waals surface area contributed by atoms with Gasteiger partial charge in [-0.15, -0.1) is 0 Å². The molecule has 2 unspecified atom stereocenters. The van der Waals surface area contributed by atoms with Crippen LogP contribution in [0.2, 0.25) is 0 Å². The lowest BCUT2D eigenvalue weighted by molar-refractivity contribution is -0.142. The molecule has 2 N–H and O–H groups in total. The molecule has 0 aliphatic carbocycles. The van der Waals surface area contributed by atoms with E-state index in [1.165, 1.54) is 0 Å². The van der Waals surface area contributed by atoms with E-state index in [0.29, 0.717) is 18.1 Å². The van der Waals surface area contributed by atoms with E-state index in [9.17, 15) is 15.0 Å². The lowest BCUT2D eigenvalue weighted by Gasteiger charge is -2.26. The van der Waals surface area contributed by atoms with Crippen molar-refractivity contribution in [3.8, 4) is 11.5 Å². The van der Waals surface area contributed by atoms with Crippen molar-refractivity contribution >= 4 is 5.97 Å². The highest BCUT2D eigenvalue weighted by molar-refractivity contribution is 5.86. The molecule has 0 amide bonds. The molecule has 0 fully saturated rings. The second kappa shape index (κ2) is 13.8. The first-order valence-electron chi connectivity index (χ1n) is 11.9. The fourth-order valence-corrected chi connectivity index (χ4v) is 3.25. The molecule has 0 saturated heterocycles. The second-order valence-corrected chi connectivity index (χ2v) is 9.45. The summed E-state index contributed by atoms with van der Waals surface area (Å²) in [4.78, 5) is 11.4. The van der Waals surface area contributed by atoms with Crippen LogP contribution >= 0.6 is 0 Å². The largest absolute Gasteiger partial charge is 0.491 e.